The highest BCUT2D eigenvalue weighted by atomic mass is 16.5. The Labute approximate surface area is 129 Å². The highest BCUT2D eigenvalue weighted by Crippen LogP contribution is 2.50. The van der Waals surface area contributed by atoms with Gasteiger partial charge in [-0.3, -0.25) is 0 Å². The minimum atomic E-state index is -0.189. The molecule has 1 aliphatic carbocycles. The summed E-state index contributed by atoms with van der Waals surface area (Å²) in [6.07, 6.45) is 2.29. The second-order valence-corrected chi connectivity index (χ2v) is 6.90. The van der Waals surface area contributed by atoms with Crippen LogP contribution in [0, 0.1) is 5.41 Å². The summed E-state index contributed by atoms with van der Waals surface area (Å²) in [5.41, 5.74) is 9.10. The van der Waals surface area contributed by atoms with Crippen LogP contribution < -0.4 is 10.6 Å². The van der Waals surface area contributed by atoms with Crippen molar-refractivity contribution in [1.29, 1.82) is 0 Å². The summed E-state index contributed by atoms with van der Waals surface area (Å²) in [5, 5.41) is 0. The van der Waals surface area contributed by atoms with Crippen molar-refractivity contribution in [3.8, 4) is 0 Å². The maximum absolute atomic E-state index is 6.67. The molecule has 0 heterocycles. The van der Waals surface area contributed by atoms with E-state index in [1.54, 1.807) is 0 Å². The molecule has 0 aliphatic heterocycles. The zero-order valence-electron chi connectivity index (χ0n) is 14.1. The molecule has 0 saturated heterocycles. The van der Waals surface area contributed by atoms with Crippen molar-refractivity contribution in [3.05, 3.63) is 29.8 Å². The number of hydrogen-bond donors (Lipinski definition) is 1. The average molecular weight is 290 g/mol. The van der Waals surface area contributed by atoms with Crippen LogP contribution in [0.3, 0.4) is 0 Å². The first kappa shape index (κ1) is 16.3. The molecule has 2 unspecified atom stereocenters. The van der Waals surface area contributed by atoms with Crippen LogP contribution in [0.2, 0.25) is 0 Å². The molecule has 3 nitrogen and oxygen atoms in total. The number of anilines is 1. The van der Waals surface area contributed by atoms with Crippen molar-refractivity contribution in [2.45, 2.75) is 52.2 Å². The minimum absolute atomic E-state index is 0.0145. The van der Waals surface area contributed by atoms with E-state index in [9.17, 15) is 0 Å². The number of hydrogen-bond acceptors (Lipinski definition) is 3. The Morgan fingerprint density at radius 1 is 1.24 bits per heavy atom. The number of nitrogens with zero attached hydrogens (tertiary/aromatic N) is 1. The van der Waals surface area contributed by atoms with E-state index in [4.69, 9.17) is 10.5 Å². The van der Waals surface area contributed by atoms with E-state index < -0.39 is 0 Å². The van der Waals surface area contributed by atoms with Crippen LogP contribution in [0.15, 0.2) is 24.3 Å². The monoisotopic (exact) mass is 290 g/mol. The summed E-state index contributed by atoms with van der Waals surface area (Å²) in [6, 6.07) is 8.77. The normalized spacial score (nSPS) is 27.2. The van der Waals surface area contributed by atoms with Crippen molar-refractivity contribution >= 4 is 5.69 Å². The fourth-order valence-corrected chi connectivity index (χ4v) is 3.28. The van der Waals surface area contributed by atoms with E-state index in [0.717, 1.165) is 26.0 Å². The Bertz CT molecular complexity index is 469. The molecule has 0 aromatic heterocycles. The molecule has 0 amide bonds. The van der Waals surface area contributed by atoms with Crippen LogP contribution in [-0.2, 0) is 11.2 Å². The fourth-order valence-electron chi connectivity index (χ4n) is 3.28. The van der Waals surface area contributed by atoms with Gasteiger partial charge in [0, 0.05) is 36.8 Å². The topological polar surface area (TPSA) is 38.5 Å². The molecule has 21 heavy (non-hydrogen) atoms. The lowest BCUT2D eigenvalue weighted by atomic mass is 9.54. The number of rotatable bonds is 6. The number of nitrogens with two attached hydrogens (primary N) is 1. The maximum atomic E-state index is 6.67. The maximum Gasteiger partial charge on any atom is 0.0662 e. The Morgan fingerprint density at radius 2 is 1.86 bits per heavy atom. The van der Waals surface area contributed by atoms with Crippen molar-refractivity contribution < 1.29 is 4.74 Å². The SMILES string of the molecule is CCOC1CC(N)(CN(C)c2ccc(CC)cc2)C1(C)C. The zero-order valence-corrected chi connectivity index (χ0v) is 14.1. The van der Waals surface area contributed by atoms with Gasteiger partial charge in [-0.1, -0.05) is 32.9 Å². The number of aryl methyl sites for hydroxylation is 1. The summed E-state index contributed by atoms with van der Waals surface area (Å²) in [7, 11) is 2.12. The van der Waals surface area contributed by atoms with Gasteiger partial charge in [-0.25, -0.2) is 0 Å². The number of likely N-dealkylation sites (N-methyl/N-ethyl adjacent to an activating group) is 1. The minimum Gasteiger partial charge on any atom is -0.378 e. The Kier molecular flexibility index (Phi) is 4.64. The molecule has 1 aromatic rings. The first-order valence-corrected chi connectivity index (χ1v) is 8.04. The van der Waals surface area contributed by atoms with E-state index in [1.807, 2.05) is 6.92 Å². The first-order valence-electron chi connectivity index (χ1n) is 8.04. The van der Waals surface area contributed by atoms with E-state index in [2.05, 4.69) is 57.0 Å². The molecule has 118 valence electrons. The molecule has 0 spiro atoms. The van der Waals surface area contributed by atoms with Gasteiger partial charge in [0.2, 0.25) is 0 Å². The predicted molar refractivity (Wildman–Crippen MR) is 89.8 cm³/mol. The van der Waals surface area contributed by atoms with Gasteiger partial charge in [-0.2, -0.15) is 0 Å². The lowest BCUT2D eigenvalue weighted by Crippen LogP contribution is -2.73. The second-order valence-electron chi connectivity index (χ2n) is 6.90. The van der Waals surface area contributed by atoms with E-state index >= 15 is 0 Å². The van der Waals surface area contributed by atoms with Gasteiger partial charge < -0.3 is 15.4 Å². The number of ether oxygens (including phenoxy) is 1. The third-order valence-corrected chi connectivity index (χ3v) is 5.31. The predicted octanol–water partition coefficient (Wildman–Crippen LogP) is 3.22. The van der Waals surface area contributed by atoms with Gasteiger partial charge in [0.1, 0.15) is 0 Å². The quantitative estimate of drug-likeness (QED) is 0.874. The van der Waals surface area contributed by atoms with Gasteiger partial charge >= 0.3 is 0 Å². The van der Waals surface area contributed by atoms with Gasteiger partial charge in [-0.05, 0) is 37.5 Å². The molecule has 1 aliphatic rings. The third kappa shape index (κ3) is 2.95. The van der Waals surface area contributed by atoms with Crippen LogP contribution in [0.25, 0.3) is 0 Å². The van der Waals surface area contributed by atoms with Crippen molar-refractivity contribution in [1.82, 2.24) is 0 Å². The van der Waals surface area contributed by atoms with Gasteiger partial charge in [0.05, 0.1) is 6.10 Å². The molecule has 2 atom stereocenters. The zero-order chi connectivity index (χ0) is 15.7. The Balaban J connectivity index is 2.03. The molecule has 2 N–H and O–H groups in total. The largest absolute Gasteiger partial charge is 0.378 e. The smallest absolute Gasteiger partial charge is 0.0662 e. The lowest BCUT2D eigenvalue weighted by Gasteiger charge is -2.60. The van der Waals surface area contributed by atoms with Crippen LogP contribution in [-0.4, -0.2) is 31.8 Å². The Hall–Kier alpha value is -1.06. The third-order valence-electron chi connectivity index (χ3n) is 5.31. The lowest BCUT2D eigenvalue weighted by molar-refractivity contribution is -0.145. The highest BCUT2D eigenvalue weighted by molar-refractivity contribution is 5.48. The summed E-state index contributed by atoms with van der Waals surface area (Å²) >= 11 is 0. The van der Waals surface area contributed by atoms with E-state index in [0.29, 0.717) is 0 Å². The molecule has 0 radical (unpaired) electrons. The van der Waals surface area contributed by atoms with Crippen LogP contribution in [0.4, 0.5) is 5.69 Å². The molecular weight excluding hydrogens is 260 g/mol. The summed E-state index contributed by atoms with van der Waals surface area (Å²) in [5.74, 6) is 0. The van der Waals surface area contributed by atoms with Crippen molar-refractivity contribution in [2.75, 3.05) is 25.1 Å². The van der Waals surface area contributed by atoms with Gasteiger partial charge in [0.15, 0.2) is 0 Å². The highest BCUT2D eigenvalue weighted by Gasteiger charge is 2.58. The molecular formula is C18H30N2O. The standard InChI is InChI=1S/C18H30N2O/c1-6-14-8-10-15(11-9-14)20(5)13-18(19)12-16(21-7-2)17(18,3)4/h8-11,16H,6-7,12-13,19H2,1-5H3. The van der Waals surface area contributed by atoms with Crippen molar-refractivity contribution in [3.63, 3.8) is 0 Å². The molecule has 1 fully saturated rings. The van der Waals surface area contributed by atoms with Gasteiger partial charge in [0.25, 0.3) is 0 Å². The first-order chi connectivity index (χ1) is 9.84. The van der Waals surface area contributed by atoms with E-state index in [-0.39, 0.29) is 17.1 Å². The van der Waals surface area contributed by atoms with Gasteiger partial charge in [-0.15, -0.1) is 0 Å². The molecule has 1 saturated carbocycles. The van der Waals surface area contributed by atoms with Crippen LogP contribution in [0.5, 0.6) is 0 Å². The van der Waals surface area contributed by atoms with Crippen LogP contribution >= 0.6 is 0 Å². The molecule has 2 rings (SSSR count). The average Bonchev–Trinajstić information content (AvgIpc) is 2.47. The fraction of sp³-hybridized carbons (Fsp3) is 0.667. The summed E-state index contributed by atoms with van der Waals surface area (Å²) < 4.78 is 5.81. The molecule has 1 aromatic carbocycles. The number of benzene rings is 1. The second kappa shape index (κ2) is 5.98. The van der Waals surface area contributed by atoms with Crippen LogP contribution in [0.1, 0.15) is 39.7 Å². The summed E-state index contributed by atoms with van der Waals surface area (Å²) in [4.78, 5) is 2.27. The summed E-state index contributed by atoms with van der Waals surface area (Å²) in [6.45, 7) is 10.3. The van der Waals surface area contributed by atoms with Crippen molar-refractivity contribution in [2.24, 2.45) is 11.1 Å². The molecule has 3 heteroatoms. The Morgan fingerprint density at radius 3 is 2.33 bits per heavy atom. The molecule has 0 bridgehead atoms. The van der Waals surface area contributed by atoms with E-state index in [1.165, 1.54) is 11.3 Å².